The molecule has 0 aromatic carbocycles. The second-order valence-corrected chi connectivity index (χ2v) is 2.40. The zero-order valence-electron chi connectivity index (χ0n) is 7.40. The van der Waals surface area contributed by atoms with E-state index in [0.717, 1.165) is 12.0 Å². The van der Waals surface area contributed by atoms with Gasteiger partial charge < -0.3 is 5.32 Å². The molecule has 0 unspecified atom stereocenters. The predicted octanol–water partition coefficient (Wildman–Crippen LogP) is 1.99. The number of carbonyl (C=O) groups is 1. The Kier molecular flexibility index (Phi) is 4.27. The number of hydrogen-bond acceptors (Lipinski definition) is 1. The fourth-order valence-electron chi connectivity index (χ4n) is 0.770. The van der Waals surface area contributed by atoms with E-state index in [2.05, 4.69) is 11.9 Å². The Balaban J connectivity index is 4.12. The van der Waals surface area contributed by atoms with Gasteiger partial charge in [0.05, 0.1) is 0 Å². The smallest absolute Gasteiger partial charge is 0.250 e. The van der Waals surface area contributed by atoms with E-state index in [0.29, 0.717) is 5.70 Å². The molecule has 0 saturated heterocycles. The van der Waals surface area contributed by atoms with Crippen LogP contribution in [0.25, 0.3) is 0 Å². The van der Waals surface area contributed by atoms with Crippen molar-refractivity contribution < 1.29 is 4.79 Å². The van der Waals surface area contributed by atoms with E-state index in [-0.39, 0.29) is 5.91 Å². The summed E-state index contributed by atoms with van der Waals surface area (Å²) in [6.07, 6.45) is 2.58. The predicted molar refractivity (Wildman–Crippen MR) is 47.0 cm³/mol. The molecular weight excluding hydrogens is 138 g/mol. The number of nitrogens with one attached hydrogen (secondary N) is 1. The average Bonchev–Trinajstić information content (AvgIpc) is 1.88. The van der Waals surface area contributed by atoms with Gasteiger partial charge in [-0.3, -0.25) is 4.79 Å². The van der Waals surface area contributed by atoms with Crippen LogP contribution < -0.4 is 5.32 Å². The molecule has 0 heterocycles. The van der Waals surface area contributed by atoms with Crippen LogP contribution in [0.3, 0.4) is 0 Å². The van der Waals surface area contributed by atoms with Crippen molar-refractivity contribution in [1.29, 1.82) is 0 Å². The van der Waals surface area contributed by atoms with Gasteiger partial charge in [-0.05, 0) is 20.3 Å². The monoisotopic (exact) mass is 153 g/mol. The second-order valence-electron chi connectivity index (χ2n) is 2.40. The average molecular weight is 153 g/mol. The lowest BCUT2D eigenvalue weighted by atomic mass is 10.2. The fourth-order valence-corrected chi connectivity index (χ4v) is 0.770. The largest absolute Gasteiger partial charge is 0.327 e. The fraction of sp³-hybridized carbons (Fsp3) is 0.444. The van der Waals surface area contributed by atoms with Crippen molar-refractivity contribution in [2.75, 3.05) is 0 Å². The van der Waals surface area contributed by atoms with Crippen molar-refractivity contribution in [2.45, 2.75) is 27.2 Å². The molecule has 0 rings (SSSR count). The molecule has 2 nitrogen and oxygen atoms in total. The molecule has 0 spiro atoms. The topological polar surface area (TPSA) is 29.1 Å². The third-order valence-electron chi connectivity index (χ3n) is 1.35. The van der Waals surface area contributed by atoms with E-state index in [1.165, 1.54) is 0 Å². The summed E-state index contributed by atoms with van der Waals surface area (Å²) in [4.78, 5) is 11.2. The molecule has 0 atom stereocenters. The summed E-state index contributed by atoms with van der Waals surface area (Å²) in [6, 6.07) is 0. The molecule has 0 fully saturated rings. The van der Waals surface area contributed by atoms with Crippen LogP contribution >= 0.6 is 0 Å². The molecular formula is C9H15NO. The van der Waals surface area contributed by atoms with Crippen molar-refractivity contribution in [1.82, 2.24) is 5.32 Å². The SMILES string of the molecule is C=C(C)NC(=O)/C(=C/C)CC. The number of allylic oxidation sites excluding steroid dienone is 2. The summed E-state index contributed by atoms with van der Waals surface area (Å²) >= 11 is 0. The van der Waals surface area contributed by atoms with Crippen molar-refractivity contribution in [2.24, 2.45) is 0 Å². The summed E-state index contributed by atoms with van der Waals surface area (Å²) in [6.45, 7) is 9.16. The highest BCUT2D eigenvalue weighted by atomic mass is 16.1. The lowest BCUT2D eigenvalue weighted by molar-refractivity contribution is -0.116. The van der Waals surface area contributed by atoms with E-state index < -0.39 is 0 Å². The molecule has 0 aromatic heterocycles. The van der Waals surface area contributed by atoms with Gasteiger partial charge in [-0.2, -0.15) is 0 Å². The van der Waals surface area contributed by atoms with Crippen LogP contribution in [0, 0.1) is 0 Å². The van der Waals surface area contributed by atoms with Gasteiger partial charge >= 0.3 is 0 Å². The summed E-state index contributed by atoms with van der Waals surface area (Å²) in [5.74, 6) is -0.0394. The van der Waals surface area contributed by atoms with E-state index in [9.17, 15) is 4.79 Å². The summed E-state index contributed by atoms with van der Waals surface area (Å²) in [5, 5.41) is 2.64. The zero-order valence-corrected chi connectivity index (χ0v) is 7.40. The van der Waals surface area contributed by atoms with Crippen molar-refractivity contribution in [3.63, 3.8) is 0 Å². The standard InChI is InChI=1S/C9H15NO/c1-5-8(6-2)9(11)10-7(3)4/h5H,3,6H2,1-2,4H3,(H,10,11)/b8-5+. The van der Waals surface area contributed by atoms with Gasteiger partial charge in [-0.15, -0.1) is 0 Å². The van der Waals surface area contributed by atoms with Crippen molar-refractivity contribution in [3.8, 4) is 0 Å². The third kappa shape index (κ3) is 3.61. The highest BCUT2D eigenvalue weighted by molar-refractivity contribution is 5.94. The highest BCUT2D eigenvalue weighted by Gasteiger charge is 2.03. The number of amides is 1. The maximum atomic E-state index is 11.2. The number of carbonyl (C=O) groups excluding carboxylic acids is 1. The lowest BCUT2D eigenvalue weighted by Crippen LogP contribution is -2.22. The molecule has 62 valence electrons. The maximum Gasteiger partial charge on any atom is 0.250 e. The highest BCUT2D eigenvalue weighted by Crippen LogP contribution is 2.00. The Bertz CT molecular complexity index is 192. The molecule has 0 aliphatic carbocycles. The maximum absolute atomic E-state index is 11.2. The van der Waals surface area contributed by atoms with Crippen LogP contribution in [-0.4, -0.2) is 5.91 Å². The Morgan fingerprint density at radius 2 is 2.18 bits per heavy atom. The van der Waals surface area contributed by atoms with Gasteiger partial charge in [0.2, 0.25) is 0 Å². The van der Waals surface area contributed by atoms with E-state index in [1.54, 1.807) is 6.92 Å². The molecule has 0 saturated carbocycles. The first kappa shape index (κ1) is 9.95. The number of hydrogen-bond donors (Lipinski definition) is 1. The van der Waals surface area contributed by atoms with Crippen molar-refractivity contribution >= 4 is 5.91 Å². The Morgan fingerprint density at radius 1 is 1.64 bits per heavy atom. The first-order chi connectivity index (χ1) is 5.11. The lowest BCUT2D eigenvalue weighted by Gasteiger charge is -2.04. The van der Waals surface area contributed by atoms with Gasteiger partial charge in [-0.1, -0.05) is 19.6 Å². The van der Waals surface area contributed by atoms with Gasteiger partial charge in [0.1, 0.15) is 0 Å². The van der Waals surface area contributed by atoms with Crippen molar-refractivity contribution in [3.05, 3.63) is 23.9 Å². The van der Waals surface area contributed by atoms with Crippen LogP contribution in [0.2, 0.25) is 0 Å². The molecule has 1 amide bonds. The molecule has 0 bridgehead atoms. The minimum absolute atomic E-state index is 0.0394. The quantitative estimate of drug-likeness (QED) is 0.617. The Hall–Kier alpha value is -1.05. The summed E-state index contributed by atoms with van der Waals surface area (Å²) < 4.78 is 0. The first-order valence-electron chi connectivity index (χ1n) is 3.73. The Morgan fingerprint density at radius 3 is 2.45 bits per heavy atom. The number of rotatable bonds is 3. The zero-order chi connectivity index (χ0) is 8.85. The van der Waals surface area contributed by atoms with Gasteiger partial charge in [0.25, 0.3) is 5.91 Å². The van der Waals surface area contributed by atoms with E-state index >= 15 is 0 Å². The minimum Gasteiger partial charge on any atom is -0.327 e. The van der Waals surface area contributed by atoms with E-state index in [1.807, 2.05) is 19.9 Å². The van der Waals surface area contributed by atoms with Gasteiger partial charge in [0.15, 0.2) is 0 Å². The van der Waals surface area contributed by atoms with Crippen LogP contribution in [0.15, 0.2) is 23.9 Å². The molecule has 0 radical (unpaired) electrons. The molecule has 0 aliphatic rings. The normalized spacial score (nSPS) is 11.0. The van der Waals surface area contributed by atoms with Gasteiger partial charge in [-0.25, -0.2) is 0 Å². The molecule has 1 N–H and O–H groups in total. The molecule has 2 heteroatoms. The third-order valence-corrected chi connectivity index (χ3v) is 1.35. The molecule has 11 heavy (non-hydrogen) atoms. The molecule has 0 aliphatic heterocycles. The Labute approximate surface area is 68.0 Å². The summed E-state index contributed by atoms with van der Waals surface area (Å²) in [5.41, 5.74) is 1.48. The van der Waals surface area contributed by atoms with Gasteiger partial charge in [0, 0.05) is 11.3 Å². The van der Waals surface area contributed by atoms with Crippen LogP contribution in [0.5, 0.6) is 0 Å². The summed E-state index contributed by atoms with van der Waals surface area (Å²) in [7, 11) is 0. The molecule has 0 aromatic rings. The van der Waals surface area contributed by atoms with Crippen LogP contribution in [-0.2, 0) is 4.79 Å². The first-order valence-corrected chi connectivity index (χ1v) is 3.73. The van der Waals surface area contributed by atoms with Crippen LogP contribution in [0.4, 0.5) is 0 Å². The minimum atomic E-state index is -0.0394. The van der Waals surface area contributed by atoms with E-state index in [4.69, 9.17) is 0 Å². The van der Waals surface area contributed by atoms with Crippen LogP contribution in [0.1, 0.15) is 27.2 Å². The second kappa shape index (κ2) is 4.72.